The number of carbonyl (C=O) groups excluding carboxylic acids is 1. The Morgan fingerprint density at radius 3 is 2.03 bits per heavy atom. The number of hydrogen-bond acceptors (Lipinski definition) is 9. The highest BCUT2D eigenvalue weighted by atomic mass is 33.1. The van der Waals surface area contributed by atoms with E-state index in [4.69, 9.17) is 18.9 Å². The van der Waals surface area contributed by atoms with Crippen LogP contribution >= 0.6 is 21.6 Å². The molecule has 38 heavy (non-hydrogen) atoms. The standard InChI is InChI=1S/C26H47N3O5S2.C2H6/c1-22(2)28-11-5-6-14-34-23(3)35-36-25-9-7-24(8-10-25)21-26(30)29-13-16-32-18-20-33-19-17-31-15-12-27-4;1-2/h7-10,22-23,27-28H,5-6,11-21H2,1-4H3,(H,29,30);1-2H3. The van der Waals surface area contributed by atoms with E-state index < -0.39 is 0 Å². The summed E-state index contributed by atoms with van der Waals surface area (Å²) in [6.45, 7) is 16.9. The van der Waals surface area contributed by atoms with E-state index in [2.05, 4.69) is 48.9 Å². The molecule has 0 saturated carbocycles. The molecular weight excluding hydrogens is 522 g/mol. The second-order valence-corrected chi connectivity index (χ2v) is 11.1. The van der Waals surface area contributed by atoms with Crippen LogP contribution in [0.5, 0.6) is 0 Å². The minimum atomic E-state index is -0.00559. The van der Waals surface area contributed by atoms with Gasteiger partial charge in [0, 0.05) is 30.6 Å². The van der Waals surface area contributed by atoms with Gasteiger partial charge >= 0.3 is 0 Å². The van der Waals surface area contributed by atoms with Crippen molar-refractivity contribution in [3.05, 3.63) is 29.8 Å². The predicted octanol–water partition coefficient (Wildman–Crippen LogP) is 4.52. The molecule has 0 aliphatic heterocycles. The van der Waals surface area contributed by atoms with Crippen molar-refractivity contribution in [3.63, 3.8) is 0 Å². The first kappa shape index (κ1) is 37.1. The molecule has 8 nitrogen and oxygen atoms in total. The Balaban J connectivity index is 0.00000667. The van der Waals surface area contributed by atoms with Crippen molar-refractivity contribution in [1.82, 2.24) is 16.0 Å². The monoisotopic (exact) mass is 575 g/mol. The summed E-state index contributed by atoms with van der Waals surface area (Å²) >= 11 is 0. The Labute approximate surface area is 239 Å². The van der Waals surface area contributed by atoms with Crippen LogP contribution in [0.3, 0.4) is 0 Å². The van der Waals surface area contributed by atoms with Gasteiger partial charge in [-0.25, -0.2) is 0 Å². The maximum Gasteiger partial charge on any atom is 0.224 e. The minimum absolute atomic E-state index is 0.00559. The lowest BCUT2D eigenvalue weighted by Crippen LogP contribution is -2.29. The Kier molecular flexibility index (Phi) is 27.1. The number of carbonyl (C=O) groups is 1. The van der Waals surface area contributed by atoms with Gasteiger partial charge in [0.2, 0.25) is 5.91 Å². The fourth-order valence-corrected chi connectivity index (χ4v) is 4.79. The molecule has 0 aromatic heterocycles. The van der Waals surface area contributed by atoms with Crippen molar-refractivity contribution in [2.24, 2.45) is 0 Å². The first-order valence-electron chi connectivity index (χ1n) is 13.9. The average Bonchev–Trinajstić information content (AvgIpc) is 2.92. The molecule has 1 aromatic carbocycles. The second-order valence-electron chi connectivity index (χ2n) is 8.55. The molecule has 1 amide bonds. The summed E-state index contributed by atoms with van der Waals surface area (Å²) in [4.78, 5) is 13.3. The lowest BCUT2D eigenvalue weighted by atomic mass is 10.1. The Morgan fingerprint density at radius 1 is 0.816 bits per heavy atom. The van der Waals surface area contributed by atoms with Crippen molar-refractivity contribution in [2.45, 2.75) is 70.3 Å². The van der Waals surface area contributed by atoms with E-state index in [0.29, 0.717) is 58.6 Å². The molecule has 222 valence electrons. The predicted molar refractivity (Wildman–Crippen MR) is 162 cm³/mol. The van der Waals surface area contributed by atoms with Crippen LogP contribution in [0.1, 0.15) is 53.0 Å². The highest BCUT2D eigenvalue weighted by Crippen LogP contribution is 2.34. The molecule has 1 aromatic rings. The summed E-state index contributed by atoms with van der Waals surface area (Å²) in [7, 11) is 5.31. The van der Waals surface area contributed by atoms with Crippen LogP contribution in [0.15, 0.2) is 29.2 Å². The molecule has 3 N–H and O–H groups in total. The van der Waals surface area contributed by atoms with Gasteiger partial charge in [0.25, 0.3) is 0 Å². The summed E-state index contributed by atoms with van der Waals surface area (Å²) in [5.74, 6) is -0.00559. The fraction of sp³-hybridized carbons (Fsp3) is 0.750. The SMILES string of the molecule is CC.CNCCOCCOCCOCCNC(=O)Cc1ccc(SSC(C)OCCCCNC(C)C)cc1. The van der Waals surface area contributed by atoms with Crippen molar-refractivity contribution < 1.29 is 23.7 Å². The van der Waals surface area contributed by atoms with Crippen LogP contribution in [0.2, 0.25) is 0 Å². The zero-order valence-corrected chi connectivity index (χ0v) is 26.1. The van der Waals surface area contributed by atoms with Gasteiger partial charge in [-0.3, -0.25) is 4.79 Å². The summed E-state index contributed by atoms with van der Waals surface area (Å²) in [6.07, 6.45) is 2.56. The zero-order valence-electron chi connectivity index (χ0n) is 24.5. The molecule has 0 saturated heterocycles. The van der Waals surface area contributed by atoms with Crippen LogP contribution in [0.25, 0.3) is 0 Å². The third kappa shape index (κ3) is 24.2. The van der Waals surface area contributed by atoms with Gasteiger partial charge in [-0.15, -0.1) is 0 Å². The number of ether oxygens (including phenoxy) is 4. The van der Waals surface area contributed by atoms with E-state index in [1.54, 1.807) is 21.6 Å². The molecule has 1 rings (SSSR count). The largest absolute Gasteiger partial charge is 0.378 e. The van der Waals surface area contributed by atoms with E-state index in [0.717, 1.165) is 43.0 Å². The van der Waals surface area contributed by atoms with Gasteiger partial charge in [-0.1, -0.05) is 61.4 Å². The Bertz CT molecular complexity index is 654. The molecular formula is C28H53N3O5S2. The van der Waals surface area contributed by atoms with Crippen LogP contribution in [0.4, 0.5) is 0 Å². The van der Waals surface area contributed by atoms with Crippen molar-refractivity contribution in [2.75, 3.05) is 72.9 Å². The number of amides is 1. The molecule has 0 radical (unpaired) electrons. The van der Waals surface area contributed by atoms with Crippen molar-refractivity contribution in [3.8, 4) is 0 Å². The van der Waals surface area contributed by atoms with E-state index >= 15 is 0 Å². The highest BCUT2D eigenvalue weighted by Gasteiger charge is 2.07. The summed E-state index contributed by atoms with van der Waals surface area (Å²) in [6, 6.07) is 8.66. The average molecular weight is 576 g/mol. The quantitative estimate of drug-likeness (QED) is 0.0935. The van der Waals surface area contributed by atoms with Gasteiger partial charge in [-0.05, 0) is 51.1 Å². The summed E-state index contributed by atoms with van der Waals surface area (Å²) in [5.41, 5.74) is 1.13. The van der Waals surface area contributed by atoms with E-state index in [9.17, 15) is 4.79 Å². The van der Waals surface area contributed by atoms with Gasteiger partial charge in [0.15, 0.2) is 0 Å². The molecule has 0 spiro atoms. The lowest BCUT2D eigenvalue weighted by Gasteiger charge is -2.13. The summed E-state index contributed by atoms with van der Waals surface area (Å²) < 4.78 is 22.2. The third-order valence-corrected chi connectivity index (χ3v) is 7.50. The first-order valence-corrected chi connectivity index (χ1v) is 16.1. The molecule has 0 heterocycles. The van der Waals surface area contributed by atoms with E-state index in [1.165, 1.54) is 0 Å². The number of rotatable bonds is 24. The number of benzene rings is 1. The summed E-state index contributed by atoms with van der Waals surface area (Å²) in [5, 5.41) is 9.33. The van der Waals surface area contributed by atoms with Gasteiger partial charge < -0.3 is 34.9 Å². The normalized spacial score (nSPS) is 11.8. The first-order chi connectivity index (χ1) is 18.5. The minimum Gasteiger partial charge on any atom is -0.378 e. The van der Waals surface area contributed by atoms with Gasteiger partial charge in [0.05, 0.1) is 46.1 Å². The molecule has 1 atom stereocenters. The van der Waals surface area contributed by atoms with Crippen LogP contribution < -0.4 is 16.0 Å². The van der Waals surface area contributed by atoms with Crippen molar-refractivity contribution in [1.29, 1.82) is 0 Å². The molecule has 10 heteroatoms. The van der Waals surface area contributed by atoms with Crippen LogP contribution in [-0.2, 0) is 30.2 Å². The highest BCUT2D eigenvalue weighted by molar-refractivity contribution is 8.76. The topological polar surface area (TPSA) is 90.1 Å². The number of nitrogens with one attached hydrogen (secondary N) is 3. The molecule has 1 unspecified atom stereocenters. The maximum absolute atomic E-state index is 12.2. The number of unbranched alkanes of at least 4 members (excludes halogenated alkanes) is 1. The molecule has 0 aliphatic rings. The van der Waals surface area contributed by atoms with Gasteiger partial charge in [0.1, 0.15) is 5.44 Å². The lowest BCUT2D eigenvalue weighted by molar-refractivity contribution is -0.120. The Morgan fingerprint density at radius 2 is 1.42 bits per heavy atom. The van der Waals surface area contributed by atoms with E-state index in [-0.39, 0.29) is 11.3 Å². The third-order valence-electron chi connectivity index (χ3n) is 4.85. The van der Waals surface area contributed by atoms with Gasteiger partial charge in [-0.2, -0.15) is 0 Å². The maximum atomic E-state index is 12.2. The smallest absolute Gasteiger partial charge is 0.224 e. The molecule has 0 bridgehead atoms. The van der Waals surface area contributed by atoms with Crippen molar-refractivity contribution >= 4 is 27.5 Å². The van der Waals surface area contributed by atoms with Crippen LogP contribution in [-0.4, -0.2) is 90.3 Å². The fourth-order valence-electron chi connectivity index (χ4n) is 2.91. The molecule has 0 aliphatic carbocycles. The Hall–Kier alpha value is -0.850. The number of likely N-dealkylation sites (N-methyl/N-ethyl adjacent to an activating group) is 1. The van der Waals surface area contributed by atoms with E-state index in [1.807, 2.05) is 33.0 Å². The number of hydrogen-bond donors (Lipinski definition) is 3. The zero-order chi connectivity index (χ0) is 28.3. The van der Waals surface area contributed by atoms with Crippen LogP contribution in [0, 0.1) is 0 Å². The second kappa shape index (κ2) is 27.7. The molecule has 0 fully saturated rings.